The minimum atomic E-state index is 0.00175. The molecule has 1 aliphatic heterocycles. The van der Waals surface area contributed by atoms with Crippen LogP contribution in [-0.4, -0.2) is 52.0 Å². The third-order valence-corrected chi connectivity index (χ3v) is 5.90. The Kier molecular flexibility index (Phi) is 6.50. The molecule has 1 aliphatic rings. The van der Waals surface area contributed by atoms with Crippen LogP contribution in [0, 0.1) is 27.7 Å². The third-order valence-electron chi connectivity index (χ3n) is 5.90. The molecule has 1 amide bonds. The van der Waals surface area contributed by atoms with E-state index in [0.29, 0.717) is 26.1 Å². The van der Waals surface area contributed by atoms with Gasteiger partial charge >= 0.3 is 0 Å². The number of nitrogens with zero attached hydrogens (tertiary/aromatic N) is 5. The van der Waals surface area contributed by atoms with Crippen LogP contribution < -0.4 is 10.2 Å². The summed E-state index contributed by atoms with van der Waals surface area (Å²) in [4.78, 5) is 23.7. The summed E-state index contributed by atoms with van der Waals surface area (Å²) in [5.41, 5.74) is 6.04. The van der Waals surface area contributed by atoms with Gasteiger partial charge in [0.25, 0.3) is 0 Å². The molecule has 0 atom stereocenters. The summed E-state index contributed by atoms with van der Waals surface area (Å²) in [6.07, 6.45) is 2.59. The van der Waals surface area contributed by atoms with Crippen LogP contribution in [0.25, 0.3) is 5.82 Å². The molecule has 0 aliphatic carbocycles. The lowest BCUT2D eigenvalue weighted by molar-refractivity contribution is -0.116. The second-order valence-corrected chi connectivity index (χ2v) is 8.26. The lowest BCUT2D eigenvalue weighted by atomic mass is 10.1. The quantitative estimate of drug-likeness (QED) is 0.641. The number of amides is 1. The predicted octanol–water partition coefficient (Wildman–Crippen LogP) is 3.30. The van der Waals surface area contributed by atoms with E-state index in [1.54, 1.807) is 6.33 Å². The van der Waals surface area contributed by atoms with Crippen LogP contribution in [0.3, 0.4) is 0 Å². The number of carbonyl (C=O) groups is 1. The van der Waals surface area contributed by atoms with E-state index in [2.05, 4.69) is 20.2 Å². The Morgan fingerprint density at radius 1 is 1.06 bits per heavy atom. The van der Waals surface area contributed by atoms with Crippen molar-refractivity contribution in [2.45, 2.75) is 40.5 Å². The normalized spacial score (nSPS) is 13.9. The van der Waals surface area contributed by atoms with E-state index in [1.165, 1.54) is 0 Å². The fraction of sp³-hybridized carbons (Fsp3) is 0.417. The van der Waals surface area contributed by atoms with Gasteiger partial charge in [0.05, 0.1) is 18.9 Å². The van der Waals surface area contributed by atoms with Crippen molar-refractivity contribution in [2.75, 3.05) is 36.5 Å². The van der Waals surface area contributed by atoms with E-state index in [-0.39, 0.29) is 5.91 Å². The number of nitrogens with one attached hydrogen (secondary N) is 1. The minimum Gasteiger partial charge on any atom is -0.378 e. The number of hydrogen-bond acceptors (Lipinski definition) is 6. The lowest BCUT2D eigenvalue weighted by Gasteiger charge is -2.27. The molecule has 0 radical (unpaired) electrons. The highest BCUT2D eigenvalue weighted by atomic mass is 16.5. The van der Waals surface area contributed by atoms with Crippen molar-refractivity contribution < 1.29 is 9.53 Å². The lowest BCUT2D eigenvalue weighted by Crippen LogP contribution is -2.36. The minimum absolute atomic E-state index is 0.00175. The van der Waals surface area contributed by atoms with Crippen molar-refractivity contribution >= 4 is 17.4 Å². The summed E-state index contributed by atoms with van der Waals surface area (Å²) in [5, 5.41) is 7.75. The highest BCUT2D eigenvalue weighted by molar-refractivity contribution is 5.91. The van der Waals surface area contributed by atoms with Crippen LogP contribution in [0.4, 0.5) is 11.5 Å². The molecule has 1 aromatic carbocycles. The highest BCUT2D eigenvalue weighted by Crippen LogP contribution is 2.22. The van der Waals surface area contributed by atoms with Crippen LogP contribution in [0.5, 0.6) is 0 Å². The molecule has 1 fully saturated rings. The summed E-state index contributed by atoms with van der Waals surface area (Å²) in [5.74, 6) is 1.61. The second kappa shape index (κ2) is 9.48. The van der Waals surface area contributed by atoms with E-state index in [0.717, 1.165) is 58.5 Å². The van der Waals surface area contributed by atoms with Crippen LogP contribution in [-0.2, 0) is 16.0 Å². The largest absolute Gasteiger partial charge is 0.378 e. The van der Waals surface area contributed by atoms with Gasteiger partial charge in [0.1, 0.15) is 12.1 Å². The number of anilines is 2. The van der Waals surface area contributed by atoms with Gasteiger partial charge in [-0.15, -0.1) is 0 Å². The van der Waals surface area contributed by atoms with Crippen LogP contribution >= 0.6 is 0 Å². The number of rotatable bonds is 6. The fourth-order valence-electron chi connectivity index (χ4n) is 4.00. The smallest absolute Gasteiger partial charge is 0.224 e. The molecule has 32 heavy (non-hydrogen) atoms. The summed E-state index contributed by atoms with van der Waals surface area (Å²) < 4.78 is 7.28. The molecule has 0 saturated carbocycles. The molecule has 2 aromatic heterocycles. The third kappa shape index (κ3) is 4.80. The van der Waals surface area contributed by atoms with Crippen molar-refractivity contribution in [3.05, 3.63) is 58.7 Å². The topological polar surface area (TPSA) is 85.2 Å². The average Bonchev–Trinajstić information content (AvgIpc) is 3.09. The van der Waals surface area contributed by atoms with Crippen LogP contribution in [0.1, 0.15) is 34.5 Å². The Balaban J connectivity index is 1.47. The maximum absolute atomic E-state index is 12.6. The Labute approximate surface area is 188 Å². The first-order chi connectivity index (χ1) is 15.4. The maximum atomic E-state index is 12.6. The summed E-state index contributed by atoms with van der Waals surface area (Å²) in [7, 11) is 0. The van der Waals surface area contributed by atoms with Gasteiger partial charge in [0, 0.05) is 37.0 Å². The molecule has 4 rings (SSSR count). The van der Waals surface area contributed by atoms with Crippen molar-refractivity contribution in [1.82, 2.24) is 19.7 Å². The summed E-state index contributed by atoms with van der Waals surface area (Å²) >= 11 is 0. The molecule has 1 saturated heterocycles. The van der Waals surface area contributed by atoms with E-state index in [1.807, 2.05) is 56.6 Å². The number of carbonyl (C=O) groups excluding carboxylic acids is 1. The first-order valence-electron chi connectivity index (χ1n) is 11.0. The van der Waals surface area contributed by atoms with E-state index in [9.17, 15) is 4.79 Å². The summed E-state index contributed by atoms with van der Waals surface area (Å²) in [6, 6.07) is 8.03. The fourth-order valence-corrected chi connectivity index (χ4v) is 4.00. The molecule has 168 valence electrons. The van der Waals surface area contributed by atoms with Crippen LogP contribution in [0.15, 0.2) is 30.6 Å². The van der Waals surface area contributed by atoms with E-state index >= 15 is 0 Å². The monoisotopic (exact) mass is 434 g/mol. The molecular formula is C24H30N6O2. The van der Waals surface area contributed by atoms with Gasteiger partial charge in [0.2, 0.25) is 5.91 Å². The maximum Gasteiger partial charge on any atom is 0.224 e. The molecule has 1 N–H and O–H groups in total. The first-order valence-corrected chi connectivity index (χ1v) is 11.0. The van der Waals surface area contributed by atoms with E-state index in [4.69, 9.17) is 9.84 Å². The molecule has 8 heteroatoms. The Bertz CT molecular complexity index is 1120. The summed E-state index contributed by atoms with van der Waals surface area (Å²) in [6.45, 7) is 11.1. The highest BCUT2D eigenvalue weighted by Gasteiger charge is 2.18. The van der Waals surface area contributed by atoms with Crippen molar-refractivity contribution in [3.8, 4) is 5.82 Å². The first kappa shape index (κ1) is 22.0. The zero-order valence-electron chi connectivity index (χ0n) is 19.2. The van der Waals surface area contributed by atoms with Gasteiger partial charge in [-0.1, -0.05) is 12.1 Å². The van der Waals surface area contributed by atoms with Crippen LogP contribution in [0.2, 0.25) is 0 Å². The number of aryl methyl sites for hydroxylation is 3. The number of aromatic nitrogens is 4. The number of morpholine rings is 1. The van der Waals surface area contributed by atoms with Crippen molar-refractivity contribution in [1.29, 1.82) is 0 Å². The van der Waals surface area contributed by atoms with Gasteiger partial charge in [-0.25, -0.2) is 14.6 Å². The number of hydrogen-bond donors (Lipinski definition) is 1. The Morgan fingerprint density at radius 3 is 2.59 bits per heavy atom. The molecule has 8 nitrogen and oxygen atoms in total. The standard InChI is InChI=1S/C24H30N6O2/c1-16-5-6-17(2)21(13-16)27-24(31)8-7-20-18(3)28-30(19(20)4)23-14-22(25-15-26-23)29-9-11-32-12-10-29/h5-6,13-15H,7-12H2,1-4H3,(H,27,31). The van der Waals surface area contributed by atoms with Crippen molar-refractivity contribution in [2.24, 2.45) is 0 Å². The van der Waals surface area contributed by atoms with Gasteiger partial charge < -0.3 is 15.0 Å². The Morgan fingerprint density at radius 2 is 1.81 bits per heavy atom. The predicted molar refractivity (Wildman–Crippen MR) is 125 cm³/mol. The van der Waals surface area contributed by atoms with Gasteiger partial charge in [0.15, 0.2) is 5.82 Å². The molecule has 3 aromatic rings. The molecular weight excluding hydrogens is 404 g/mol. The number of benzene rings is 1. The molecule has 0 bridgehead atoms. The van der Waals surface area contributed by atoms with Gasteiger partial charge in [-0.05, 0) is 56.9 Å². The zero-order valence-corrected chi connectivity index (χ0v) is 19.2. The average molecular weight is 435 g/mol. The number of ether oxygens (including phenoxy) is 1. The van der Waals surface area contributed by atoms with Gasteiger partial charge in [-0.2, -0.15) is 5.10 Å². The van der Waals surface area contributed by atoms with Gasteiger partial charge in [-0.3, -0.25) is 4.79 Å². The zero-order chi connectivity index (χ0) is 22.7. The SMILES string of the molecule is Cc1ccc(C)c(NC(=O)CCc2c(C)nn(-c3cc(N4CCOCC4)ncn3)c2C)c1. The molecule has 0 unspecified atom stereocenters. The van der Waals surface area contributed by atoms with Crippen molar-refractivity contribution in [3.63, 3.8) is 0 Å². The second-order valence-electron chi connectivity index (χ2n) is 8.26. The van der Waals surface area contributed by atoms with E-state index < -0.39 is 0 Å². The Hall–Kier alpha value is -3.26. The molecule has 0 spiro atoms. The molecule has 3 heterocycles.